The molecule has 0 atom stereocenters. The van der Waals surface area contributed by atoms with Crippen molar-refractivity contribution in [3.8, 4) is 0 Å². The van der Waals surface area contributed by atoms with Gasteiger partial charge in [-0.2, -0.15) is 5.10 Å². The number of hydrogen-bond acceptors (Lipinski definition) is 2. The Balaban J connectivity index is 2.37. The molecule has 1 aromatic heterocycles. The molecular weight excluding hydrogens is 240 g/mol. The summed E-state index contributed by atoms with van der Waals surface area (Å²) in [6.45, 7) is 1.90. The molecule has 1 saturated carbocycles. The summed E-state index contributed by atoms with van der Waals surface area (Å²) in [7, 11) is 0. The average molecular weight is 257 g/mol. The molecule has 17 heavy (non-hydrogen) atoms. The highest BCUT2D eigenvalue weighted by molar-refractivity contribution is 6.30. The van der Waals surface area contributed by atoms with Crippen LogP contribution in [0, 0.1) is 0 Å². The Kier molecular flexibility index (Phi) is 3.72. The van der Waals surface area contributed by atoms with Crippen LogP contribution >= 0.6 is 11.6 Å². The summed E-state index contributed by atoms with van der Waals surface area (Å²) >= 11 is 6.24. The molecule has 1 N–H and O–H groups in total. The second-order valence-corrected chi connectivity index (χ2v) is 4.87. The van der Waals surface area contributed by atoms with Gasteiger partial charge in [0.1, 0.15) is 5.15 Å². The topological polar surface area (TPSA) is 55.1 Å². The quantitative estimate of drug-likeness (QED) is 0.903. The number of carboxylic acid groups (broad SMARTS) is 1. The van der Waals surface area contributed by atoms with Gasteiger partial charge in [0.15, 0.2) is 5.69 Å². The molecule has 94 valence electrons. The van der Waals surface area contributed by atoms with Crippen molar-refractivity contribution in [2.45, 2.75) is 51.5 Å². The van der Waals surface area contributed by atoms with Crippen molar-refractivity contribution in [1.82, 2.24) is 9.78 Å². The molecule has 4 nitrogen and oxygen atoms in total. The molecule has 5 heteroatoms. The van der Waals surface area contributed by atoms with Gasteiger partial charge in [-0.1, -0.05) is 37.8 Å². The normalized spacial score (nSPS) is 17.3. The van der Waals surface area contributed by atoms with Crippen molar-refractivity contribution in [3.05, 3.63) is 16.4 Å². The van der Waals surface area contributed by atoms with Gasteiger partial charge >= 0.3 is 5.97 Å². The third kappa shape index (κ3) is 2.32. The van der Waals surface area contributed by atoms with Crippen molar-refractivity contribution in [3.63, 3.8) is 0 Å². The first-order valence-electron chi connectivity index (χ1n) is 6.15. The average Bonchev–Trinajstić information content (AvgIpc) is 2.67. The summed E-state index contributed by atoms with van der Waals surface area (Å²) < 4.78 is 1.73. The van der Waals surface area contributed by atoms with Gasteiger partial charge in [-0.3, -0.25) is 0 Å². The Morgan fingerprint density at radius 1 is 1.47 bits per heavy atom. The van der Waals surface area contributed by atoms with Crippen molar-refractivity contribution < 1.29 is 9.90 Å². The van der Waals surface area contributed by atoms with Gasteiger partial charge in [0, 0.05) is 5.56 Å². The lowest BCUT2D eigenvalue weighted by Gasteiger charge is -2.22. The first-order chi connectivity index (χ1) is 8.15. The summed E-state index contributed by atoms with van der Waals surface area (Å²) in [6, 6.07) is 0.273. The molecule has 1 aliphatic rings. The number of rotatable bonds is 3. The van der Waals surface area contributed by atoms with E-state index in [-0.39, 0.29) is 11.7 Å². The zero-order chi connectivity index (χ0) is 12.4. The Morgan fingerprint density at radius 3 is 2.59 bits per heavy atom. The van der Waals surface area contributed by atoms with Gasteiger partial charge in [-0.15, -0.1) is 0 Å². The monoisotopic (exact) mass is 256 g/mol. The summed E-state index contributed by atoms with van der Waals surface area (Å²) in [4.78, 5) is 11.1. The first-order valence-corrected chi connectivity index (χ1v) is 6.53. The standard InChI is InChI=1S/C12H17ClN2O2/c1-2-9-10(12(16)17)14-15(11(9)13)8-6-4-3-5-7-8/h8H,2-7H2,1H3,(H,16,17). The van der Waals surface area contributed by atoms with E-state index in [1.807, 2.05) is 6.92 Å². The fraction of sp³-hybridized carbons (Fsp3) is 0.667. The molecule has 2 rings (SSSR count). The van der Waals surface area contributed by atoms with Gasteiger partial charge in [0.2, 0.25) is 0 Å². The van der Waals surface area contributed by atoms with Crippen LogP contribution in [-0.4, -0.2) is 20.9 Å². The molecule has 0 saturated heterocycles. The fourth-order valence-electron chi connectivity index (χ4n) is 2.50. The highest BCUT2D eigenvalue weighted by Crippen LogP contribution is 2.32. The molecule has 0 spiro atoms. The largest absolute Gasteiger partial charge is 0.476 e. The van der Waals surface area contributed by atoms with Crippen LogP contribution in [0.5, 0.6) is 0 Å². The minimum absolute atomic E-state index is 0.114. The Bertz CT molecular complexity index is 422. The zero-order valence-corrected chi connectivity index (χ0v) is 10.7. The van der Waals surface area contributed by atoms with Crippen LogP contribution in [0.4, 0.5) is 0 Å². The van der Waals surface area contributed by atoms with Gasteiger partial charge in [-0.25, -0.2) is 9.48 Å². The number of aromatic nitrogens is 2. The predicted molar refractivity (Wildman–Crippen MR) is 65.7 cm³/mol. The minimum atomic E-state index is -0.988. The van der Waals surface area contributed by atoms with Crippen molar-refractivity contribution in [2.24, 2.45) is 0 Å². The molecule has 0 bridgehead atoms. The van der Waals surface area contributed by atoms with Crippen molar-refractivity contribution in [2.75, 3.05) is 0 Å². The van der Waals surface area contributed by atoms with E-state index in [1.165, 1.54) is 19.3 Å². The zero-order valence-electron chi connectivity index (χ0n) is 9.95. The lowest BCUT2D eigenvalue weighted by atomic mass is 9.96. The van der Waals surface area contributed by atoms with Crippen LogP contribution in [0.1, 0.15) is 61.1 Å². The third-order valence-electron chi connectivity index (χ3n) is 3.42. The highest BCUT2D eigenvalue weighted by Gasteiger charge is 2.25. The van der Waals surface area contributed by atoms with E-state index in [9.17, 15) is 4.79 Å². The molecule has 0 aromatic carbocycles. The van der Waals surface area contributed by atoms with Crippen LogP contribution < -0.4 is 0 Å². The predicted octanol–water partition coefficient (Wildman–Crippen LogP) is 3.30. The van der Waals surface area contributed by atoms with E-state index in [2.05, 4.69) is 5.10 Å². The van der Waals surface area contributed by atoms with E-state index in [1.54, 1.807) is 4.68 Å². The summed E-state index contributed by atoms with van der Waals surface area (Å²) in [6.07, 6.45) is 6.29. The summed E-state index contributed by atoms with van der Waals surface area (Å²) in [5.74, 6) is -0.988. The molecule has 1 aliphatic carbocycles. The molecule has 0 amide bonds. The van der Waals surface area contributed by atoms with Crippen LogP contribution in [0.15, 0.2) is 0 Å². The number of hydrogen-bond donors (Lipinski definition) is 1. The molecule has 0 radical (unpaired) electrons. The van der Waals surface area contributed by atoms with E-state index in [4.69, 9.17) is 16.7 Å². The number of aromatic carboxylic acids is 1. The van der Waals surface area contributed by atoms with E-state index < -0.39 is 5.97 Å². The van der Waals surface area contributed by atoms with E-state index >= 15 is 0 Å². The third-order valence-corrected chi connectivity index (χ3v) is 3.82. The van der Waals surface area contributed by atoms with Crippen molar-refractivity contribution in [1.29, 1.82) is 0 Å². The Morgan fingerprint density at radius 2 is 2.12 bits per heavy atom. The molecule has 1 aromatic rings. The van der Waals surface area contributed by atoms with E-state index in [0.717, 1.165) is 12.8 Å². The van der Waals surface area contributed by atoms with Gasteiger partial charge < -0.3 is 5.11 Å². The fourth-order valence-corrected chi connectivity index (χ4v) is 2.90. The lowest BCUT2D eigenvalue weighted by Crippen LogP contribution is -2.15. The molecule has 1 heterocycles. The molecule has 0 aliphatic heterocycles. The van der Waals surface area contributed by atoms with Gasteiger partial charge in [0.05, 0.1) is 6.04 Å². The highest BCUT2D eigenvalue weighted by atomic mass is 35.5. The maximum Gasteiger partial charge on any atom is 0.356 e. The molecule has 0 unspecified atom stereocenters. The number of nitrogens with zero attached hydrogens (tertiary/aromatic N) is 2. The number of carboxylic acids is 1. The van der Waals surface area contributed by atoms with Gasteiger partial charge in [0.25, 0.3) is 0 Å². The minimum Gasteiger partial charge on any atom is -0.476 e. The van der Waals surface area contributed by atoms with Crippen LogP contribution in [0.3, 0.4) is 0 Å². The maximum atomic E-state index is 11.1. The number of carbonyl (C=O) groups is 1. The number of halogens is 1. The second kappa shape index (κ2) is 5.08. The lowest BCUT2D eigenvalue weighted by molar-refractivity contribution is 0.0687. The van der Waals surface area contributed by atoms with E-state index in [0.29, 0.717) is 17.1 Å². The summed E-state index contributed by atoms with van der Waals surface area (Å²) in [5.41, 5.74) is 0.771. The van der Waals surface area contributed by atoms with Crippen LogP contribution in [0.2, 0.25) is 5.15 Å². The summed E-state index contributed by atoms with van der Waals surface area (Å²) in [5, 5.41) is 13.8. The first kappa shape index (κ1) is 12.4. The van der Waals surface area contributed by atoms with Crippen molar-refractivity contribution >= 4 is 17.6 Å². The second-order valence-electron chi connectivity index (χ2n) is 4.51. The SMILES string of the molecule is CCc1c(C(=O)O)nn(C2CCCCC2)c1Cl. The Labute approximate surface area is 106 Å². The van der Waals surface area contributed by atoms with Crippen LogP contribution in [0.25, 0.3) is 0 Å². The Hall–Kier alpha value is -1.03. The molecular formula is C12H17ClN2O2. The molecule has 1 fully saturated rings. The van der Waals surface area contributed by atoms with Gasteiger partial charge in [-0.05, 0) is 19.3 Å². The van der Waals surface area contributed by atoms with Crippen LogP contribution in [-0.2, 0) is 6.42 Å². The maximum absolute atomic E-state index is 11.1. The smallest absolute Gasteiger partial charge is 0.356 e.